The molecule has 2 heterocycles. The Bertz CT molecular complexity index is 979. The predicted molar refractivity (Wildman–Crippen MR) is 108 cm³/mol. The highest BCUT2D eigenvalue weighted by Crippen LogP contribution is 2.38. The number of imide groups is 1. The van der Waals surface area contributed by atoms with Gasteiger partial charge in [0.15, 0.2) is 0 Å². The zero-order valence-corrected chi connectivity index (χ0v) is 16.4. The highest BCUT2D eigenvalue weighted by molar-refractivity contribution is 6.45. The Balaban J connectivity index is 1.82. The minimum Gasteiger partial charge on any atom is -0.495 e. The summed E-state index contributed by atoms with van der Waals surface area (Å²) in [6.45, 7) is 2.84. The van der Waals surface area contributed by atoms with Crippen molar-refractivity contribution >= 4 is 23.1 Å². The lowest BCUT2D eigenvalue weighted by atomic mass is 10.0. The molecule has 2 amide bonds. The third-order valence-corrected chi connectivity index (χ3v) is 5.34. The van der Waals surface area contributed by atoms with E-state index in [4.69, 9.17) is 4.74 Å². The van der Waals surface area contributed by atoms with Gasteiger partial charge in [-0.15, -0.1) is 0 Å². The van der Waals surface area contributed by atoms with Crippen LogP contribution in [0.15, 0.2) is 54.2 Å². The van der Waals surface area contributed by atoms with E-state index in [9.17, 15) is 14.0 Å². The number of para-hydroxylation sites is 2. The van der Waals surface area contributed by atoms with Crippen LogP contribution in [0.25, 0.3) is 5.57 Å². The smallest absolute Gasteiger partial charge is 0.282 e. The lowest BCUT2D eigenvalue weighted by Gasteiger charge is -2.34. The van der Waals surface area contributed by atoms with Crippen LogP contribution in [-0.4, -0.2) is 62.0 Å². The fourth-order valence-corrected chi connectivity index (χ4v) is 3.75. The van der Waals surface area contributed by atoms with Crippen molar-refractivity contribution in [3.63, 3.8) is 0 Å². The normalized spacial score (nSPS) is 18.0. The molecule has 0 bridgehead atoms. The van der Waals surface area contributed by atoms with E-state index in [2.05, 4.69) is 4.90 Å². The number of hydrogen-bond acceptors (Lipinski definition) is 5. The Hall–Kier alpha value is -3.19. The van der Waals surface area contributed by atoms with E-state index in [-0.39, 0.29) is 5.91 Å². The molecule has 0 unspecified atom stereocenters. The Morgan fingerprint density at radius 2 is 1.55 bits per heavy atom. The highest BCUT2D eigenvalue weighted by atomic mass is 19.1. The Kier molecular flexibility index (Phi) is 5.07. The topological polar surface area (TPSA) is 53.1 Å². The third kappa shape index (κ3) is 3.38. The molecule has 4 rings (SSSR count). The van der Waals surface area contributed by atoms with Gasteiger partial charge in [0.25, 0.3) is 11.8 Å². The standard InChI is InChI=1S/C22H22FN3O3/c1-24-11-13-25(14-12-24)20-19(15-7-9-16(23)10-8-15)21(27)26(22(20)28)17-5-3-4-6-18(17)29-2/h3-10H,11-14H2,1-2H3. The van der Waals surface area contributed by atoms with Gasteiger partial charge in [-0.05, 0) is 36.9 Å². The third-order valence-electron chi connectivity index (χ3n) is 5.34. The van der Waals surface area contributed by atoms with Crippen LogP contribution in [0.1, 0.15) is 5.56 Å². The van der Waals surface area contributed by atoms with Crippen molar-refractivity contribution in [1.29, 1.82) is 0 Å². The second kappa shape index (κ2) is 7.67. The second-order valence-electron chi connectivity index (χ2n) is 7.14. The molecule has 150 valence electrons. The van der Waals surface area contributed by atoms with Crippen LogP contribution >= 0.6 is 0 Å². The molecule has 0 aliphatic carbocycles. The summed E-state index contributed by atoms with van der Waals surface area (Å²) in [6, 6.07) is 12.6. The number of carbonyl (C=O) groups is 2. The van der Waals surface area contributed by atoms with Crippen LogP contribution in [0, 0.1) is 5.82 Å². The quantitative estimate of drug-likeness (QED) is 0.744. The van der Waals surface area contributed by atoms with Crippen LogP contribution in [0.3, 0.4) is 0 Å². The summed E-state index contributed by atoms with van der Waals surface area (Å²) in [5, 5.41) is 0. The molecule has 0 atom stereocenters. The van der Waals surface area contributed by atoms with Gasteiger partial charge >= 0.3 is 0 Å². The molecule has 6 nitrogen and oxygen atoms in total. The minimum atomic E-state index is -0.431. The number of halogens is 1. The van der Waals surface area contributed by atoms with Gasteiger partial charge in [-0.3, -0.25) is 9.59 Å². The molecular formula is C22H22FN3O3. The molecule has 1 fully saturated rings. The summed E-state index contributed by atoms with van der Waals surface area (Å²) in [7, 11) is 3.52. The number of methoxy groups -OCH3 is 1. The largest absolute Gasteiger partial charge is 0.495 e. The fourth-order valence-electron chi connectivity index (χ4n) is 3.75. The highest BCUT2D eigenvalue weighted by Gasteiger charge is 2.43. The zero-order valence-electron chi connectivity index (χ0n) is 16.4. The van der Waals surface area contributed by atoms with Crippen molar-refractivity contribution in [2.45, 2.75) is 0 Å². The van der Waals surface area contributed by atoms with Gasteiger partial charge in [-0.2, -0.15) is 0 Å². The maximum atomic E-state index is 13.5. The molecular weight excluding hydrogens is 373 g/mol. The van der Waals surface area contributed by atoms with E-state index in [1.807, 2.05) is 11.9 Å². The summed E-state index contributed by atoms with van der Waals surface area (Å²) in [5.41, 5.74) is 1.58. The summed E-state index contributed by atoms with van der Waals surface area (Å²) in [5.74, 6) is -0.774. The van der Waals surface area contributed by atoms with Gasteiger partial charge in [-0.25, -0.2) is 9.29 Å². The van der Waals surface area contributed by atoms with Crippen molar-refractivity contribution in [3.8, 4) is 5.75 Å². The van der Waals surface area contributed by atoms with E-state index in [0.29, 0.717) is 41.4 Å². The number of hydrogen-bond donors (Lipinski definition) is 0. The van der Waals surface area contributed by atoms with Gasteiger partial charge in [0, 0.05) is 26.2 Å². The number of benzene rings is 2. The van der Waals surface area contributed by atoms with Crippen molar-refractivity contribution < 1.29 is 18.7 Å². The minimum absolute atomic E-state index is 0.297. The molecule has 1 saturated heterocycles. The molecule has 29 heavy (non-hydrogen) atoms. The maximum Gasteiger partial charge on any atom is 0.282 e. The Labute approximate surface area is 168 Å². The van der Waals surface area contributed by atoms with Gasteiger partial charge in [0.05, 0.1) is 18.4 Å². The van der Waals surface area contributed by atoms with Gasteiger partial charge in [0.2, 0.25) is 0 Å². The maximum absolute atomic E-state index is 13.5. The SMILES string of the molecule is COc1ccccc1N1C(=O)C(c2ccc(F)cc2)=C(N2CCN(C)CC2)C1=O. The first-order valence-electron chi connectivity index (χ1n) is 9.46. The zero-order chi connectivity index (χ0) is 20.5. The number of nitrogens with zero attached hydrogens (tertiary/aromatic N) is 3. The summed E-state index contributed by atoms with van der Waals surface area (Å²) in [6.07, 6.45) is 0. The van der Waals surface area contributed by atoms with Crippen molar-refractivity contribution in [1.82, 2.24) is 9.80 Å². The molecule has 0 spiro atoms. The molecule has 0 saturated carbocycles. The van der Waals surface area contributed by atoms with Crippen molar-refractivity contribution in [3.05, 3.63) is 65.6 Å². The van der Waals surface area contributed by atoms with Crippen LogP contribution in [-0.2, 0) is 9.59 Å². The molecule has 2 aromatic rings. The summed E-state index contributed by atoms with van der Waals surface area (Å²) in [4.78, 5) is 32.2. The van der Waals surface area contributed by atoms with Crippen LogP contribution in [0.2, 0.25) is 0 Å². The number of carbonyl (C=O) groups excluding carboxylic acids is 2. The van der Waals surface area contributed by atoms with Crippen molar-refractivity contribution in [2.75, 3.05) is 45.2 Å². The Morgan fingerprint density at radius 3 is 2.21 bits per heavy atom. The Morgan fingerprint density at radius 1 is 0.897 bits per heavy atom. The van der Waals surface area contributed by atoms with E-state index in [0.717, 1.165) is 18.0 Å². The molecule has 0 N–H and O–H groups in total. The lowest BCUT2D eigenvalue weighted by molar-refractivity contribution is -0.120. The molecule has 7 heteroatoms. The average molecular weight is 395 g/mol. The van der Waals surface area contributed by atoms with Crippen LogP contribution < -0.4 is 9.64 Å². The second-order valence-corrected chi connectivity index (χ2v) is 7.14. The number of piperazine rings is 1. The van der Waals surface area contributed by atoms with Crippen LogP contribution in [0.4, 0.5) is 10.1 Å². The molecule has 2 aromatic carbocycles. The van der Waals surface area contributed by atoms with Gasteiger partial charge < -0.3 is 14.5 Å². The summed E-state index contributed by atoms with van der Waals surface area (Å²) < 4.78 is 18.8. The number of ether oxygens (including phenoxy) is 1. The number of amides is 2. The molecule has 2 aliphatic rings. The number of anilines is 1. The molecule has 0 radical (unpaired) electrons. The number of likely N-dealkylation sites (N-methyl/N-ethyl adjacent to an activating group) is 1. The van der Waals surface area contributed by atoms with Gasteiger partial charge in [0.1, 0.15) is 17.3 Å². The van der Waals surface area contributed by atoms with Crippen molar-refractivity contribution in [2.24, 2.45) is 0 Å². The van der Waals surface area contributed by atoms with Crippen LogP contribution in [0.5, 0.6) is 5.75 Å². The fraction of sp³-hybridized carbons (Fsp3) is 0.273. The summed E-state index contributed by atoms with van der Waals surface area (Å²) >= 11 is 0. The van der Waals surface area contributed by atoms with E-state index in [1.165, 1.54) is 31.4 Å². The van der Waals surface area contributed by atoms with E-state index in [1.54, 1.807) is 24.3 Å². The average Bonchev–Trinajstić information content (AvgIpc) is 2.99. The van der Waals surface area contributed by atoms with E-state index < -0.39 is 11.7 Å². The lowest BCUT2D eigenvalue weighted by Crippen LogP contribution is -2.46. The monoisotopic (exact) mass is 395 g/mol. The predicted octanol–water partition coefficient (Wildman–Crippen LogP) is 2.37. The first-order valence-corrected chi connectivity index (χ1v) is 9.46. The number of rotatable bonds is 4. The first-order chi connectivity index (χ1) is 14.0. The molecule has 2 aliphatic heterocycles. The van der Waals surface area contributed by atoms with Gasteiger partial charge in [-0.1, -0.05) is 24.3 Å². The van der Waals surface area contributed by atoms with E-state index >= 15 is 0 Å². The molecule has 0 aromatic heterocycles. The first kappa shape index (κ1) is 19.1.